The zero-order valence-corrected chi connectivity index (χ0v) is 20.9. The van der Waals surface area contributed by atoms with Crippen molar-refractivity contribution in [2.24, 2.45) is 0 Å². The Kier molecular flexibility index (Phi) is 8.36. The van der Waals surface area contributed by atoms with Crippen molar-refractivity contribution in [2.75, 3.05) is 24.3 Å². The van der Waals surface area contributed by atoms with Crippen molar-refractivity contribution in [1.82, 2.24) is 14.8 Å². The number of aryl methyl sites for hydroxylation is 1. The Morgan fingerprint density at radius 2 is 2.09 bits per heavy atom. The van der Waals surface area contributed by atoms with Gasteiger partial charge in [0.2, 0.25) is 5.91 Å². The van der Waals surface area contributed by atoms with Crippen LogP contribution in [0.25, 0.3) is 11.4 Å². The molecule has 1 amide bonds. The minimum atomic E-state index is -0.381. The number of rotatable bonds is 10. The van der Waals surface area contributed by atoms with Crippen molar-refractivity contribution < 1.29 is 19.1 Å². The molecule has 1 aliphatic heterocycles. The van der Waals surface area contributed by atoms with Gasteiger partial charge in [0.1, 0.15) is 0 Å². The number of ether oxygens (including phenoxy) is 2. The van der Waals surface area contributed by atoms with Crippen molar-refractivity contribution >= 4 is 40.7 Å². The molecule has 10 heteroatoms. The molecule has 0 aliphatic carbocycles. The van der Waals surface area contributed by atoms with Crippen LogP contribution in [0.1, 0.15) is 41.9 Å². The van der Waals surface area contributed by atoms with Gasteiger partial charge in [-0.1, -0.05) is 18.7 Å². The van der Waals surface area contributed by atoms with Crippen LogP contribution < -0.4 is 5.32 Å². The first-order valence-electron chi connectivity index (χ1n) is 11.4. The Balaban J connectivity index is 1.42. The molecule has 0 saturated carbocycles. The van der Waals surface area contributed by atoms with E-state index in [9.17, 15) is 9.59 Å². The van der Waals surface area contributed by atoms with E-state index in [2.05, 4.69) is 38.5 Å². The van der Waals surface area contributed by atoms with E-state index in [4.69, 9.17) is 9.47 Å². The topological polar surface area (TPSA) is 95.3 Å². The van der Waals surface area contributed by atoms with Crippen molar-refractivity contribution in [3.8, 4) is 11.4 Å². The highest BCUT2D eigenvalue weighted by atomic mass is 32.2. The van der Waals surface area contributed by atoms with Crippen LogP contribution >= 0.6 is 23.1 Å². The lowest BCUT2D eigenvalue weighted by Crippen LogP contribution is -2.18. The minimum Gasteiger partial charge on any atom is -0.462 e. The van der Waals surface area contributed by atoms with Gasteiger partial charge in [0, 0.05) is 28.1 Å². The summed E-state index contributed by atoms with van der Waals surface area (Å²) in [6, 6.07) is 8.80. The fraction of sp³-hybridized carbons (Fsp3) is 0.417. The molecular formula is C24H28N4O4S2. The van der Waals surface area contributed by atoms with Gasteiger partial charge in [0.25, 0.3) is 0 Å². The number of nitrogens with one attached hydrogen (secondary N) is 1. The number of anilines is 1. The molecule has 0 spiro atoms. The average molecular weight is 501 g/mol. The summed E-state index contributed by atoms with van der Waals surface area (Å²) >= 11 is 3.07. The molecule has 1 fully saturated rings. The Morgan fingerprint density at radius 3 is 2.76 bits per heavy atom. The number of carbonyl (C=O) groups excluding carboxylic acids is 2. The Morgan fingerprint density at radius 1 is 1.26 bits per heavy atom. The molecule has 3 heterocycles. The first-order valence-corrected chi connectivity index (χ1v) is 13.3. The first-order chi connectivity index (χ1) is 16.6. The Hall–Kier alpha value is -2.69. The third-order valence-electron chi connectivity index (χ3n) is 5.40. The molecule has 1 aromatic carbocycles. The molecule has 1 unspecified atom stereocenters. The van der Waals surface area contributed by atoms with Crippen LogP contribution in [-0.4, -0.2) is 51.7 Å². The molecule has 180 valence electrons. The second-order valence-electron chi connectivity index (χ2n) is 7.84. The number of aromatic nitrogens is 3. The molecule has 34 heavy (non-hydrogen) atoms. The van der Waals surface area contributed by atoms with Crippen LogP contribution in [-0.2, 0) is 27.2 Å². The number of hydrogen-bond acceptors (Lipinski definition) is 8. The molecule has 2 aromatic heterocycles. The third kappa shape index (κ3) is 6.05. The van der Waals surface area contributed by atoms with E-state index in [1.807, 2.05) is 0 Å². The highest BCUT2D eigenvalue weighted by Crippen LogP contribution is 2.29. The zero-order valence-electron chi connectivity index (χ0n) is 19.3. The summed E-state index contributed by atoms with van der Waals surface area (Å²) in [7, 11) is 0. The number of benzene rings is 1. The molecule has 1 saturated heterocycles. The Bertz CT molecular complexity index is 1120. The number of thioether (sulfide) groups is 1. The van der Waals surface area contributed by atoms with E-state index in [0.29, 0.717) is 29.6 Å². The minimum absolute atomic E-state index is 0.130. The second-order valence-corrected chi connectivity index (χ2v) is 9.78. The van der Waals surface area contributed by atoms with E-state index in [-0.39, 0.29) is 23.7 Å². The maximum absolute atomic E-state index is 12.6. The van der Waals surface area contributed by atoms with Gasteiger partial charge in [-0.05, 0) is 56.5 Å². The number of hydrogen-bond donors (Lipinski definition) is 1. The first kappa shape index (κ1) is 24.4. The number of nitrogens with zero attached hydrogens (tertiary/aromatic N) is 3. The normalized spacial score (nSPS) is 15.4. The average Bonchev–Trinajstić information content (AvgIpc) is 3.60. The molecule has 1 N–H and O–H groups in total. The maximum Gasteiger partial charge on any atom is 0.338 e. The monoisotopic (exact) mass is 500 g/mol. The molecule has 8 nitrogen and oxygen atoms in total. The van der Waals surface area contributed by atoms with E-state index in [0.717, 1.165) is 37.3 Å². The third-order valence-corrected chi connectivity index (χ3v) is 7.45. The predicted molar refractivity (Wildman–Crippen MR) is 133 cm³/mol. The summed E-state index contributed by atoms with van der Waals surface area (Å²) in [6.07, 6.45) is 3.17. The van der Waals surface area contributed by atoms with E-state index >= 15 is 0 Å². The van der Waals surface area contributed by atoms with Crippen LogP contribution in [0.5, 0.6) is 0 Å². The Labute approximate surface area is 207 Å². The summed E-state index contributed by atoms with van der Waals surface area (Å²) in [4.78, 5) is 25.7. The van der Waals surface area contributed by atoms with Crippen molar-refractivity contribution in [3.63, 3.8) is 0 Å². The van der Waals surface area contributed by atoms with Crippen molar-refractivity contribution in [3.05, 3.63) is 46.2 Å². The van der Waals surface area contributed by atoms with E-state index in [1.54, 1.807) is 42.5 Å². The van der Waals surface area contributed by atoms with Crippen molar-refractivity contribution in [2.45, 2.75) is 50.9 Å². The SMILES string of the molecule is CCOC(=O)c1ccc(NC(=O)CSc2nnc(-c3csc(CC)c3)n2CC2CCCO2)cc1. The summed E-state index contributed by atoms with van der Waals surface area (Å²) in [5.41, 5.74) is 2.11. The summed E-state index contributed by atoms with van der Waals surface area (Å²) < 4.78 is 12.9. The van der Waals surface area contributed by atoms with Gasteiger partial charge in [0.05, 0.1) is 30.6 Å². The molecule has 1 aliphatic rings. The van der Waals surface area contributed by atoms with Crippen LogP contribution in [0, 0.1) is 0 Å². The highest BCUT2D eigenvalue weighted by molar-refractivity contribution is 7.99. The predicted octanol–water partition coefficient (Wildman–Crippen LogP) is 4.66. The fourth-order valence-corrected chi connectivity index (χ4v) is 5.24. The van der Waals surface area contributed by atoms with Crippen molar-refractivity contribution in [1.29, 1.82) is 0 Å². The summed E-state index contributed by atoms with van der Waals surface area (Å²) in [5, 5.41) is 14.5. The van der Waals surface area contributed by atoms with Gasteiger partial charge in [-0.15, -0.1) is 21.5 Å². The summed E-state index contributed by atoms with van der Waals surface area (Å²) in [5.74, 6) is 0.455. The lowest BCUT2D eigenvalue weighted by Gasteiger charge is -2.14. The largest absolute Gasteiger partial charge is 0.462 e. The standard InChI is InChI=1S/C24H28N4O4S2/c1-3-20-12-17(14-33-20)22-26-27-24(28(22)13-19-6-5-11-32-19)34-15-21(29)25-18-9-7-16(8-10-18)23(30)31-4-2/h7-10,12,14,19H,3-6,11,13,15H2,1-2H3,(H,25,29). The molecule has 1 atom stereocenters. The fourth-order valence-electron chi connectivity index (χ4n) is 3.68. The number of amides is 1. The number of carbonyl (C=O) groups is 2. The smallest absolute Gasteiger partial charge is 0.338 e. The zero-order chi connectivity index (χ0) is 23.9. The highest BCUT2D eigenvalue weighted by Gasteiger charge is 2.23. The van der Waals surface area contributed by atoms with Gasteiger partial charge >= 0.3 is 5.97 Å². The van der Waals surface area contributed by atoms with Gasteiger partial charge in [-0.3, -0.25) is 9.36 Å². The molecule has 0 bridgehead atoms. The maximum atomic E-state index is 12.6. The van der Waals surface area contributed by atoms with E-state index in [1.165, 1.54) is 16.6 Å². The molecular weight excluding hydrogens is 472 g/mol. The number of thiophene rings is 1. The lowest BCUT2D eigenvalue weighted by molar-refractivity contribution is -0.113. The van der Waals surface area contributed by atoms with Gasteiger partial charge in [-0.2, -0.15) is 0 Å². The second kappa shape index (κ2) is 11.6. The molecule has 3 aromatic rings. The quantitative estimate of drug-likeness (QED) is 0.320. The molecule has 0 radical (unpaired) electrons. The van der Waals surface area contributed by atoms with Crippen LogP contribution in [0.4, 0.5) is 5.69 Å². The van der Waals surface area contributed by atoms with Gasteiger partial charge in [-0.25, -0.2) is 4.79 Å². The summed E-state index contributed by atoms with van der Waals surface area (Å²) in [6.45, 7) is 5.66. The van der Waals surface area contributed by atoms with Crippen LogP contribution in [0.2, 0.25) is 0 Å². The molecule has 4 rings (SSSR count). The van der Waals surface area contributed by atoms with Gasteiger partial charge in [0.15, 0.2) is 11.0 Å². The van der Waals surface area contributed by atoms with E-state index < -0.39 is 0 Å². The van der Waals surface area contributed by atoms with Crippen LogP contribution in [0.15, 0.2) is 40.9 Å². The van der Waals surface area contributed by atoms with Gasteiger partial charge < -0.3 is 14.8 Å². The number of esters is 1. The van der Waals surface area contributed by atoms with Crippen LogP contribution in [0.3, 0.4) is 0 Å². The lowest BCUT2D eigenvalue weighted by atomic mass is 10.2.